The van der Waals surface area contributed by atoms with Crippen molar-refractivity contribution >= 4 is 17.6 Å². The second-order valence-corrected chi connectivity index (χ2v) is 4.21. The van der Waals surface area contributed by atoms with E-state index in [9.17, 15) is 4.79 Å². The molecule has 0 unspecified atom stereocenters. The van der Waals surface area contributed by atoms with Gasteiger partial charge in [0.15, 0.2) is 0 Å². The van der Waals surface area contributed by atoms with E-state index in [1.54, 1.807) is 36.1 Å². The first kappa shape index (κ1) is 11.7. The Bertz CT molecular complexity index is 571. The molecule has 0 saturated heterocycles. The fraction of sp³-hybridized carbons (Fsp3) is 0.167. The van der Waals surface area contributed by atoms with Crippen LogP contribution in [0, 0.1) is 6.92 Å². The molecular weight excluding hydrogens is 240 g/mol. The first-order valence-corrected chi connectivity index (χ1v) is 5.40. The van der Waals surface area contributed by atoms with Crippen LogP contribution in [0.2, 0.25) is 5.02 Å². The highest BCUT2D eigenvalue weighted by Gasteiger charge is 2.13. The third-order valence-corrected chi connectivity index (χ3v) is 2.90. The maximum absolute atomic E-state index is 10.8. The van der Waals surface area contributed by atoms with Crippen molar-refractivity contribution in [2.24, 2.45) is 7.05 Å². The monoisotopic (exact) mass is 250 g/mol. The van der Waals surface area contributed by atoms with Crippen molar-refractivity contribution in [1.29, 1.82) is 0 Å². The van der Waals surface area contributed by atoms with Gasteiger partial charge in [-0.1, -0.05) is 17.7 Å². The van der Waals surface area contributed by atoms with Gasteiger partial charge in [-0.25, -0.2) is 4.79 Å². The summed E-state index contributed by atoms with van der Waals surface area (Å²) in [6.45, 7) is 1.85. The lowest BCUT2D eigenvalue weighted by molar-refractivity contribution is 0.0697. The summed E-state index contributed by atoms with van der Waals surface area (Å²) in [7, 11) is 1.80. The summed E-state index contributed by atoms with van der Waals surface area (Å²) in [5, 5.41) is 13.5. The predicted molar refractivity (Wildman–Crippen MR) is 65.4 cm³/mol. The second-order valence-electron chi connectivity index (χ2n) is 3.80. The number of aromatic carboxylic acids is 1. The highest BCUT2D eigenvalue weighted by molar-refractivity contribution is 6.33. The van der Waals surface area contributed by atoms with Gasteiger partial charge in [-0.15, -0.1) is 0 Å². The summed E-state index contributed by atoms with van der Waals surface area (Å²) in [6, 6.07) is 4.94. The molecule has 5 heteroatoms. The van der Waals surface area contributed by atoms with E-state index in [2.05, 4.69) is 5.10 Å². The molecule has 0 amide bonds. The van der Waals surface area contributed by atoms with E-state index in [0.29, 0.717) is 5.02 Å². The van der Waals surface area contributed by atoms with Crippen molar-refractivity contribution in [2.45, 2.75) is 6.92 Å². The minimum absolute atomic E-state index is 0.268. The molecule has 0 spiro atoms. The lowest BCUT2D eigenvalue weighted by atomic mass is 10.0. The number of rotatable bonds is 2. The zero-order valence-corrected chi connectivity index (χ0v) is 10.2. The number of carboxylic acids is 1. The van der Waals surface area contributed by atoms with Gasteiger partial charge >= 0.3 is 5.97 Å². The quantitative estimate of drug-likeness (QED) is 0.892. The number of aryl methyl sites for hydroxylation is 2. The largest absolute Gasteiger partial charge is 0.478 e. The molecular formula is C12H11ClN2O2. The zero-order valence-electron chi connectivity index (χ0n) is 9.44. The van der Waals surface area contributed by atoms with Gasteiger partial charge in [0.2, 0.25) is 0 Å². The van der Waals surface area contributed by atoms with Crippen molar-refractivity contribution in [2.75, 3.05) is 0 Å². The normalized spacial score (nSPS) is 10.5. The molecule has 0 radical (unpaired) electrons. The van der Waals surface area contributed by atoms with Crippen LogP contribution in [0.3, 0.4) is 0 Å². The Balaban J connectivity index is 2.58. The molecule has 0 atom stereocenters. The van der Waals surface area contributed by atoms with Crippen molar-refractivity contribution < 1.29 is 9.90 Å². The van der Waals surface area contributed by atoms with Gasteiger partial charge in [0.25, 0.3) is 0 Å². The molecule has 0 saturated carbocycles. The van der Waals surface area contributed by atoms with Crippen LogP contribution >= 0.6 is 11.6 Å². The number of hydrogen-bond acceptors (Lipinski definition) is 2. The Morgan fingerprint density at radius 2 is 2.18 bits per heavy atom. The number of halogens is 1. The Morgan fingerprint density at radius 3 is 2.65 bits per heavy atom. The van der Waals surface area contributed by atoms with Crippen LogP contribution in [0.25, 0.3) is 11.3 Å². The third kappa shape index (κ3) is 2.03. The molecule has 17 heavy (non-hydrogen) atoms. The fourth-order valence-electron chi connectivity index (χ4n) is 1.78. The maximum atomic E-state index is 10.8. The molecule has 0 bridgehead atoms. The smallest absolute Gasteiger partial charge is 0.335 e. The number of carboxylic acid groups (broad SMARTS) is 1. The van der Waals surface area contributed by atoms with Crippen molar-refractivity contribution in [3.8, 4) is 11.3 Å². The minimum atomic E-state index is -0.934. The molecule has 0 aliphatic carbocycles. The Morgan fingerprint density at radius 1 is 1.47 bits per heavy atom. The van der Waals surface area contributed by atoms with E-state index in [0.717, 1.165) is 16.8 Å². The lowest BCUT2D eigenvalue weighted by Crippen LogP contribution is -1.99. The molecule has 0 aliphatic rings. The average Bonchev–Trinajstić information content (AvgIpc) is 2.59. The van der Waals surface area contributed by atoms with Gasteiger partial charge in [-0.3, -0.25) is 4.68 Å². The molecule has 1 aromatic carbocycles. The maximum Gasteiger partial charge on any atom is 0.335 e. The van der Waals surface area contributed by atoms with E-state index < -0.39 is 5.97 Å². The summed E-state index contributed by atoms with van der Waals surface area (Å²) in [5.41, 5.74) is 2.81. The van der Waals surface area contributed by atoms with E-state index >= 15 is 0 Å². The zero-order chi connectivity index (χ0) is 12.6. The van der Waals surface area contributed by atoms with E-state index in [-0.39, 0.29) is 5.56 Å². The third-order valence-electron chi connectivity index (χ3n) is 2.62. The summed E-state index contributed by atoms with van der Waals surface area (Å²) in [5.74, 6) is -0.934. The predicted octanol–water partition coefficient (Wildman–Crippen LogP) is 2.75. The van der Waals surface area contributed by atoms with Gasteiger partial charge in [0.1, 0.15) is 0 Å². The average molecular weight is 251 g/mol. The number of benzene rings is 1. The second kappa shape index (κ2) is 4.22. The number of aromatic nitrogens is 2. The van der Waals surface area contributed by atoms with Crippen LogP contribution in [0.5, 0.6) is 0 Å². The molecule has 0 fully saturated rings. The first-order chi connectivity index (χ1) is 8.00. The van der Waals surface area contributed by atoms with E-state index in [1.807, 2.05) is 6.92 Å². The van der Waals surface area contributed by atoms with Crippen molar-refractivity contribution in [1.82, 2.24) is 9.78 Å². The summed E-state index contributed by atoms with van der Waals surface area (Å²) < 4.78 is 1.67. The van der Waals surface area contributed by atoms with Crippen LogP contribution in [-0.4, -0.2) is 20.9 Å². The van der Waals surface area contributed by atoms with Gasteiger partial charge < -0.3 is 5.11 Å². The summed E-state index contributed by atoms with van der Waals surface area (Å²) in [4.78, 5) is 10.8. The molecule has 1 aromatic heterocycles. The SMILES string of the molecule is Cc1cc(C(=O)O)ccc1-c1c(Cl)cnn1C. The fourth-order valence-corrected chi connectivity index (χ4v) is 2.04. The Kier molecular flexibility index (Phi) is 2.90. The van der Waals surface area contributed by atoms with Gasteiger partial charge in [0.05, 0.1) is 22.5 Å². The van der Waals surface area contributed by atoms with E-state index in [4.69, 9.17) is 16.7 Å². The molecule has 4 nitrogen and oxygen atoms in total. The van der Waals surface area contributed by atoms with Crippen LogP contribution in [-0.2, 0) is 7.05 Å². The van der Waals surface area contributed by atoms with Crippen LogP contribution in [0.1, 0.15) is 15.9 Å². The molecule has 1 heterocycles. The van der Waals surface area contributed by atoms with Gasteiger partial charge in [0, 0.05) is 12.6 Å². The Hall–Kier alpha value is -1.81. The molecule has 88 valence electrons. The first-order valence-electron chi connectivity index (χ1n) is 5.02. The van der Waals surface area contributed by atoms with Crippen LogP contribution in [0.15, 0.2) is 24.4 Å². The summed E-state index contributed by atoms with van der Waals surface area (Å²) in [6.07, 6.45) is 1.57. The molecule has 2 rings (SSSR count). The number of hydrogen-bond donors (Lipinski definition) is 1. The van der Waals surface area contributed by atoms with E-state index in [1.165, 1.54) is 0 Å². The van der Waals surface area contributed by atoms with Crippen molar-refractivity contribution in [3.05, 3.63) is 40.5 Å². The Labute approximate surface area is 103 Å². The number of nitrogens with zero attached hydrogens (tertiary/aromatic N) is 2. The molecule has 2 aromatic rings. The topological polar surface area (TPSA) is 55.1 Å². The molecule has 1 N–H and O–H groups in total. The highest BCUT2D eigenvalue weighted by Crippen LogP contribution is 2.30. The molecule has 0 aliphatic heterocycles. The van der Waals surface area contributed by atoms with Crippen molar-refractivity contribution in [3.63, 3.8) is 0 Å². The minimum Gasteiger partial charge on any atom is -0.478 e. The van der Waals surface area contributed by atoms with Crippen LogP contribution < -0.4 is 0 Å². The lowest BCUT2D eigenvalue weighted by Gasteiger charge is -2.08. The standard InChI is InChI=1S/C12H11ClN2O2/c1-7-5-8(12(16)17)3-4-9(7)11-10(13)6-14-15(11)2/h3-6H,1-2H3,(H,16,17). The summed E-state index contributed by atoms with van der Waals surface area (Å²) >= 11 is 6.05. The van der Waals surface area contributed by atoms with Gasteiger partial charge in [-0.2, -0.15) is 5.10 Å². The van der Waals surface area contributed by atoms with Gasteiger partial charge in [-0.05, 0) is 24.6 Å². The van der Waals surface area contributed by atoms with Crippen LogP contribution in [0.4, 0.5) is 0 Å². The highest BCUT2D eigenvalue weighted by atomic mass is 35.5. The number of carbonyl (C=O) groups is 1.